The standard InChI is InChI=1S/C11H14O3/c1-3-5-6-9(4-2)14-10-7-8-13-11(10)12/h3-6,10H,1,7-8H2,2H3/b6-5-,9-4+. The fourth-order valence-corrected chi connectivity index (χ4v) is 1.12. The lowest BCUT2D eigenvalue weighted by Gasteiger charge is -2.09. The van der Waals surface area contributed by atoms with Gasteiger partial charge in [-0.15, -0.1) is 0 Å². The second-order valence-corrected chi connectivity index (χ2v) is 2.85. The molecule has 0 radical (unpaired) electrons. The van der Waals surface area contributed by atoms with E-state index in [4.69, 9.17) is 9.47 Å². The summed E-state index contributed by atoms with van der Waals surface area (Å²) in [7, 11) is 0. The smallest absolute Gasteiger partial charge is 0.347 e. The summed E-state index contributed by atoms with van der Waals surface area (Å²) in [6.45, 7) is 5.85. The number of ether oxygens (including phenoxy) is 2. The van der Waals surface area contributed by atoms with Crippen molar-refractivity contribution in [1.82, 2.24) is 0 Å². The zero-order valence-corrected chi connectivity index (χ0v) is 8.23. The minimum atomic E-state index is -0.448. The molecule has 0 aromatic heterocycles. The number of hydrogen-bond acceptors (Lipinski definition) is 3. The number of carbonyl (C=O) groups is 1. The van der Waals surface area contributed by atoms with Crippen LogP contribution in [0.1, 0.15) is 13.3 Å². The Morgan fingerprint density at radius 1 is 1.71 bits per heavy atom. The molecular formula is C11H14O3. The highest BCUT2D eigenvalue weighted by atomic mass is 16.6. The Labute approximate surface area is 83.7 Å². The van der Waals surface area contributed by atoms with Crippen molar-refractivity contribution >= 4 is 5.97 Å². The number of hydrogen-bond donors (Lipinski definition) is 0. The van der Waals surface area contributed by atoms with E-state index >= 15 is 0 Å². The van der Waals surface area contributed by atoms with E-state index in [-0.39, 0.29) is 5.97 Å². The summed E-state index contributed by atoms with van der Waals surface area (Å²) in [5.41, 5.74) is 0. The van der Waals surface area contributed by atoms with Gasteiger partial charge in [0.15, 0.2) is 6.10 Å². The molecule has 0 spiro atoms. The number of esters is 1. The molecule has 1 saturated heterocycles. The minimum Gasteiger partial charge on any atom is -0.479 e. The van der Waals surface area contributed by atoms with Crippen molar-refractivity contribution in [2.24, 2.45) is 0 Å². The molecule has 1 rings (SSSR count). The zero-order valence-electron chi connectivity index (χ0n) is 8.23. The molecule has 3 nitrogen and oxygen atoms in total. The van der Waals surface area contributed by atoms with Crippen LogP contribution in [0.2, 0.25) is 0 Å². The van der Waals surface area contributed by atoms with Crippen LogP contribution in [0.3, 0.4) is 0 Å². The van der Waals surface area contributed by atoms with Crippen molar-refractivity contribution in [2.45, 2.75) is 19.4 Å². The van der Waals surface area contributed by atoms with Crippen molar-refractivity contribution in [3.8, 4) is 0 Å². The van der Waals surface area contributed by atoms with Gasteiger partial charge in [0.05, 0.1) is 6.61 Å². The van der Waals surface area contributed by atoms with Gasteiger partial charge in [-0.05, 0) is 19.1 Å². The van der Waals surface area contributed by atoms with E-state index in [0.29, 0.717) is 18.8 Å². The summed E-state index contributed by atoms with van der Waals surface area (Å²) >= 11 is 0. The van der Waals surface area contributed by atoms with Crippen molar-refractivity contribution in [1.29, 1.82) is 0 Å². The number of rotatable bonds is 4. The fourth-order valence-electron chi connectivity index (χ4n) is 1.12. The highest BCUT2D eigenvalue weighted by Gasteiger charge is 2.28. The average molecular weight is 194 g/mol. The lowest BCUT2D eigenvalue weighted by molar-refractivity contribution is -0.145. The van der Waals surface area contributed by atoms with Gasteiger partial charge in [0, 0.05) is 6.42 Å². The molecule has 1 heterocycles. The third-order valence-corrected chi connectivity index (χ3v) is 1.85. The zero-order chi connectivity index (χ0) is 10.4. The molecule has 0 saturated carbocycles. The maximum Gasteiger partial charge on any atom is 0.347 e. The Balaban J connectivity index is 2.52. The van der Waals surface area contributed by atoms with Crippen LogP contribution in [0.25, 0.3) is 0 Å². The van der Waals surface area contributed by atoms with Gasteiger partial charge in [-0.3, -0.25) is 0 Å². The van der Waals surface area contributed by atoms with Gasteiger partial charge < -0.3 is 9.47 Å². The molecule has 0 bridgehead atoms. The van der Waals surface area contributed by atoms with Crippen LogP contribution in [0.5, 0.6) is 0 Å². The van der Waals surface area contributed by atoms with E-state index in [1.165, 1.54) is 0 Å². The highest BCUT2D eigenvalue weighted by molar-refractivity contribution is 5.76. The van der Waals surface area contributed by atoms with E-state index in [1.54, 1.807) is 24.3 Å². The normalized spacial score (nSPS) is 22.5. The first kappa shape index (κ1) is 10.6. The molecule has 1 unspecified atom stereocenters. The first-order chi connectivity index (χ1) is 6.77. The Morgan fingerprint density at radius 2 is 2.50 bits per heavy atom. The van der Waals surface area contributed by atoms with Crippen LogP contribution in [0.4, 0.5) is 0 Å². The molecule has 3 heteroatoms. The van der Waals surface area contributed by atoms with Crippen LogP contribution in [0, 0.1) is 0 Å². The quantitative estimate of drug-likeness (QED) is 0.390. The Hall–Kier alpha value is -1.51. The highest BCUT2D eigenvalue weighted by Crippen LogP contribution is 2.14. The summed E-state index contributed by atoms with van der Waals surface area (Å²) < 4.78 is 10.2. The number of cyclic esters (lactones) is 1. The molecule has 1 fully saturated rings. The van der Waals surface area contributed by atoms with Gasteiger partial charge >= 0.3 is 5.97 Å². The van der Waals surface area contributed by atoms with Crippen molar-refractivity contribution in [3.05, 3.63) is 36.6 Å². The second kappa shape index (κ2) is 5.27. The largest absolute Gasteiger partial charge is 0.479 e. The predicted octanol–water partition coefficient (Wildman–Crippen LogP) is 1.96. The molecule has 14 heavy (non-hydrogen) atoms. The summed E-state index contributed by atoms with van der Waals surface area (Å²) in [5, 5.41) is 0. The van der Waals surface area contributed by atoms with E-state index in [9.17, 15) is 4.79 Å². The number of carbonyl (C=O) groups excluding carboxylic acids is 1. The molecule has 76 valence electrons. The maximum absolute atomic E-state index is 11.1. The van der Waals surface area contributed by atoms with Gasteiger partial charge in [0.1, 0.15) is 5.76 Å². The van der Waals surface area contributed by atoms with Crippen molar-refractivity contribution in [2.75, 3.05) is 6.61 Å². The molecule has 0 aromatic carbocycles. The lowest BCUT2D eigenvalue weighted by atomic mass is 10.3. The topological polar surface area (TPSA) is 35.5 Å². The molecule has 0 aliphatic carbocycles. The van der Waals surface area contributed by atoms with Gasteiger partial charge in [-0.25, -0.2) is 4.79 Å². The van der Waals surface area contributed by atoms with Crippen LogP contribution in [-0.4, -0.2) is 18.7 Å². The van der Waals surface area contributed by atoms with Crippen molar-refractivity contribution < 1.29 is 14.3 Å². The van der Waals surface area contributed by atoms with E-state index in [2.05, 4.69) is 6.58 Å². The first-order valence-electron chi connectivity index (χ1n) is 4.56. The summed E-state index contributed by atoms with van der Waals surface area (Å²) in [4.78, 5) is 11.1. The van der Waals surface area contributed by atoms with E-state index in [0.717, 1.165) is 0 Å². The first-order valence-corrected chi connectivity index (χ1v) is 4.56. The van der Waals surface area contributed by atoms with Gasteiger partial charge in [-0.1, -0.05) is 18.7 Å². The van der Waals surface area contributed by atoms with Gasteiger partial charge in [0.25, 0.3) is 0 Å². The molecule has 1 aliphatic rings. The van der Waals surface area contributed by atoms with E-state index < -0.39 is 6.10 Å². The van der Waals surface area contributed by atoms with Crippen LogP contribution >= 0.6 is 0 Å². The fraction of sp³-hybridized carbons (Fsp3) is 0.364. The Bertz CT molecular complexity index is 276. The Morgan fingerprint density at radius 3 is 3.00 bits per heavy atom. The minimum absolute atomic E-state index is 0.281. The van der Waals surface area contributed by atoms with Crippen LogP contribution in [0.15, 0.2) is 36.6 Å². The average Bonchev–Trinajstić information content (AvgIpc) is 2.59. The Kier molecular flexibility index (Phi) is 3.98. The summed E-state index contributed by atoms with van der Waals surface area (Å²) in [6.07, 6.45) is 7.15. The van der Waals surface area contributed by atoms with Gasteiger partial charge in [0.2, 0.25) is 0 Å². The summed E-state index contributed by atoms with van der Waals surface area (Å²) in [5.74, 6) is 0.380. The van der Waals surface area contributed by atoms with Crippen LogP contribution in [-0.2, 0) is 14.3 Å². The second-order valence-electron chi connectivity index (χ2n) is 2.85. The van der Waals surface area contributed by atoms with E-state index in [1.807, 2.05) is 6.92 Å². The van der Waals surface area contributed by atoms with Crippen molar-refractivity contribution in [3.63, 3.8) is 0 Å². The maximum atomic E-state index is 11.1. The molecule has 1 aliphatic heterocycles. The summed E-state index contributed by atoms with van der Waals surface area (Å²) in [6, 6.07) is 0. The van der Waals surface area contributed by atoms with Gasteiger partial charge in [-0.2, -0.15) is 0 Å². The molecule has 0 amide bonds. The molecule has 0 aromatic rings. The predicted molar refractivity (Wildman–Crippen MR) is 53.5 cm³/mol. The third-order valence-electron chi connectivity index (χ3n) is 1.85. The lowest BCUT2D eigenvalue weighted by Crippen LogP contribution is -2.17. The molecular weight excluding hydrogens is 180 g/mol. The monoisotopic (exact) mass is 194 g/mol. The SMILES string of the molecule is C=C/C=C\C(=C/C)OC1CCOC1=O. The number of allylic oxidation sites excluding steroid dienone is 4. The van der Waals surface area contributed by atoms with Crippen LogP contribution < -0.4 is 0 Å². The molecule has 0 N–H and O–H groups in total. The third kappa shape index (κ3) is 2.76. The molecule has 1 atom stereocenters.